The highest BCUT2D eigenvalue weighted by molar-refractivity contribution is 5.89. The number of benzene rings is 1. The topological polar surface area (TPSA) is 92.5 Å². The van der Waals surface area contributed by atoms with Gasteiger partial charge >= 0.3 is 5.97 Å². The molecule has 1 saturated carbocycles. The van der Waals surface area contributed by atoms with E-state index in [0.717, 1.165) is 18.9 Å². The van der Waals surface area contributed by atoms with Crippen molar-refractivity contribution >= 4 is 17.3 Å². The first kappa shape index (κ1) is 11.4. The average Bonchev–Trinajstić information content (AvgIpc) is 3.09. The Bertz CT molecular complexity index is 469. The molecule has 17 heavy (non-hydrogen) atoms. The SMILES string of the molecule is O=C(O)c1ccc(NCC2CC2)c([N+](=O)[O-])c1. The molecule has 6 nitrogen and oxygen atoms in total. The van der Waals surface area contributed by atoms with Crippen LogP contribution in [0.1, 0.15) is 23.2 Å². The van der Waals surface area contributed by atoms with Crippen molar-refractivity contribution in [2.45, 2.75) is 12.8 Å². The summed E-state index contributed by atoms with van der Waals surface area (Å²) in [6, 6.07) is 3.89. The number of rotatable bonds is 5. The number of carboxylic acid groups (broad SMARTS) is 1. The van der Waals surface area contributed by atoms with Crippen molar-refractivity contribution in [1.29, 1.82) is 0 Å². The van der Waals surface area contributed by atoms with E-state index in [-0.39, 0.29) is 11.3 Å². The second kappa shape index (κ2) is 4.40. The molecule has 2 N–H and O–H groups in total. The molecule has 2 rings (SSSR count). The Balaban J connectivity index is 2.23. The van der Waals surface area contributed by atoms with Crippen LogP contribution in [0.25, 0.3) is 0 Å². The molecule has 6 heteroatoms. The molecule has 1 aliphatic rings. The van der Waals surface area contributed by atoms with E-state index in [1.54, 1.807) is 0 Å². The summed E-state index contributed by atoms with van der Waals surface area (Å²) in [6.07, 6.45) is 2.29. The Labute approximate surface area is 97.4 Å². The molecule has 0 unspecified atom stereocenters. The van der Waals surface area contributed by atoms with E-state index < -0.39 is 10.9 Å². The molecule has 0 spiro atoms. The van der Waals surface area contributed by atoms with E-state index in [1.807, 2.05) is 0 Å². The number of nitrogens with zero attached hydrogens (tertiary/aromatic N) is 1. The lowest BCUT2D eigenvalue weighted by molar-refractivity contribution is -0.384. The zero-order valence-corrected chi connectivity index (χ0v) is 9.05. The Hall–Kier alpha value is -2.11. The fourth-order valence-electron chi connectivity index (χ4n) is 1.54. The summed E-state index contributed by atoms with van der Waals surface area (Å²) in [5, 5.41) is 22.6. The number of nitro benzene ring substituents is 1. The molecule has 0 aromatic heterocycles. The van der Waals surface area contributed by atoms with Gasteiger partial charge in [0.1, 0.15) is 5.69 Å². The fourth-order valence-corrected chi connectivity index (χ4v) is 1.54. The number of carbonyl (C=O) groups is 1. The van der Waals surface area contributed by atoms with Crippen LogP contribution in [0.5, 0.6) is 0 Å². The van der Waals surface area contributed by atoms with Crippen molar-refractivity contribution in [1.82, 2.24) is 0 Å². The molecular weight excluding hydrogens is 224 g/mol. The molecule has 0 saturated heterocycles. The third kappa shape index (κ3) is 2.72. The monoisotopic (exact) mass is 236 g/mol. The van der Waals surface area contributed by atoms with Gasteiger partial charge in [0.25, 0.3) is 5.69 Å². The second-order valence-corrected chi connectivity index (χ2v) is 4.12. The maximum atomic E-state index is 10.8. The number of hydrogen-bond donors (Lipinski definition) is 2. The van der Waals surface area contributed by atoms with Gasteiger partial charge in [-0.05, 0) is 30.9 Å². The Kier molecular flexibility index (Phi) is 2.95. The van der Waals surface area contributed by atoms with Crippen LogP contribution in [-0.4, -0.2) is 22.5 Å². The maximum absolute atomic E-state index is 10.8. The second-order valence-electron chi connectivity index (χ2n) is 4.12. The summed E-state index contributed by atoms with van der Waals surface area (Å²) < 4.78 is 0. The molecule has 0 heterocycles. The van der Waals surface area contributed by atoms with Crippen LogP contribution in [0.2, 0.25) is 0 Å². The predicted molar refractivity (Wildman–Crippen MR) is 61.3 cm³/mol. The molecule has 1 aliphatic carbocycles. The maximum Gasteiger partial charge on any atom is 0.335 e. The Morgan fingerprint density at radius 2 is 2.24 bits per heavy atom. The smallest absolute Gasteiger partial charge is 0.335 e. The van der Waals surface area contributed by atoms with Gasteiger partial charge in [0.15, 0.2) is 0 Å². The standard InChI is InChI=1S/C11H12N2O4/c14-11(15)8-3-4-9(10(5-8)13(16)17)12-6-7-1-2-7/h3-5,7,12H,1-2,6H2,(H,14,15). The van der Waals surface area contributed by atoms with E-state index in [2.05, 4.69) is 5.32 Å². The molecule has 1 fully saturated rings. The lowest BCUT2D eigenvalue weighted by atomic mass is 10.1. The van der Waals surface area contributed by atoms with Gasteiger partial charge in [0, 0.05) is 12.6 Å². The predicted octanol–water partition coefficient (Wildman–Crippen LogP) is 2.11. The van der Waals surface area contributed by atoms with E-state index in [4.69, 9.17) is 5.11 Å². The molecule has 90 valence electrons. The number of nitrogens with one attached hydrogen (secondary N) is 1. The quantitative estimate of drug-likeness (QED) is 0.603. The van der Waals surface area contributed by atoms with Crippen LogP contribution >= 0.6 is 0 Å². The minimum atomic E-state index is -1.16. The van der Waals surface area contributed by atoms with Crippen LogP contribution in [0, 0.1) is 16.0 Å². The van der Waals surface area contributed by atoms with E-state index >= 15 is 0 Å². The minimum Gasteiger partial charge on any atom is -0.478 e. The number of hydrogen-bond acceptors (Lipinski definition) is 4. The highest BCUT2D eigenvalue weighted by atomic mass is 16.6. The van der Waals surface area contributed by atoms with Gasteiger partial charge in [-0.3, -0.25) is 10.1 Å². The van der Waals surface area contributed by atoms with Crippen molar-refractivity contribution in [3.8, 4) is 0 Å². The van der Waals surface area contributed by atoms with Crippen molar-refractivity contribution < 1.29 is 14.8 Å². The number of nitro groups is 1. The lowest BCUT2D eigenvalue weighted by Crippen LogP contribution is -2.07. The van der Waals surface area contributed by atoms with Crippen molar-refractivity contribution in [3.05, 3.63) is 33.9 Å². The third-order valence-corrected chi connectivity index (χ3v) is 2.72. The zero-order valence-electron chi connectivity index (χ0n) is 9.05. The normalized spacial score (nSPS) is 14.4. The van der Waals surface area contributed by atoms with Crippen molar-refractivity contribution in [2.24, 2.45) is 5.92 Å². The van der Waals surface area contributed by atoms with Gasteiger partial charge in [-0.25, -0.2) is 4.79 Å². The fraction of sp³-hybridized carbons (Fsp3) is 0.364. The van der Waals surface area contributed by atoms with Crippen LogP contribution in [0.3, 0.4) is 0 Å². The minimum absolute atomic E-state index is 0.0753. The summed E-state index contributed by atoms with van der Waals surface area (Å²) in [7, 11) is 0. The Morgan fingerprint density at radius 3 is 2.76 bits per heavy atom. The van der Waals surface area contributed by atoms with Crippen molar-refractivity contribution in [3.63, 3.8) is 0 Å². The van der Waals surface area contributed by atoms with Crippen molar-refractivity contribution in [2.75, 3.05) is 11.9 Å². The number of aromatic carboxylic acids is 1. The van der Waals surface area contributed by atoms with Crippen LogP contribution < -0.4 is 5.32 Å². The van der Waals surface area contributed by atoms with Crippen LogP contribution in [0.4, 0.5) is 11.4 Å². The van der Waals surface area contributed by atoms with Gasteiger partial charge < -0.3 is 10.4 Å². The lowest BCUT2D eigenvalue weighted by Gasteiger charge is -2.06. The van der Waals surface area contributed by atoms with Gasteiger partial charge in [-0.2, -0.15) is 0 Å². The first-order valence-corrected chi connectivity index (χ1v) is 5.33. The molecule has 0 amide bonds. The first-order chi connectivity index (χ1) is 8.08. The zero-order chi connectivity index (χ0) is 12.4. The largest absolute Gasteiger partial charge is 0.478 e. The summed E-state index contributed by atoms with van der Waals surface area (Å²) in [5.41, 5.74) is 0.117. The van der Waals surface area contributed by atoms with Gasteiger partial charge in [0.05, 0.1) is 10.5 Å². The molecule has 0 atom stereocenters. The van der Waals surface area contributed by atoms with Gasteiger partial charge in [-0.1, -0.05) is 0 Å². The van der Waals surface area contributed by atoms with E-state index in [0.29, 0.717) is 18.2 Å². The van der Waals surface area contributed by atoms with E-state index in [9.17, 15) is 14.9 Å². The van der Waals surface area contributed by atoms with E-state index in [1.165, 1.54) is 12.1 Å². The molecule has 1 aromatic carbocycles. The van der Waals surface area contributed by atoms with Gasteiger partial charge in [-0.15, -0.1) is 0 Å². The molecule has 1 aromatic rings. The van der Waals surface area contributed by atoms with Gasteiger partial charge in [0.2, 0.25) is 0 Å². The Morgan fingerprint density at radius 1 is 1.53 bits per heavy atom. The molecule has 0 bridgehead atoms. The molecule has 0 radical (unpaired) electrons. The third-order valence-electron chi connectivity index (χ3n) is 2.72. The average molecular weight is 236 g/mol. The number of carboxylic acids is 1. The highest BCUT2D eigenvalue weighted by Crippen LogP contribution is 2.31. The summed E-state index contributed by atoms with van der Waals surface area (Å²) in [6.45, 7) is 0.702. The van der Waals surface area contributed by atoms with Crippen LogP contribution in [0.15, 0.2) is 18.2 Å². The molecule has 0 aliphatic heterocycles. The number of anilines is 1. The summed E-state index contributed by atoms with van der Waals surface area (Å²) in [5.74, 6) is -0.574. The highest BCUT2D eigenvalue weighted by Gasteiger charge is 2.23. The first-order valence-electron chi connectivity index (χ1n) is 5.33. The molecular formula is C11H12N2O4. The summed E-state index contributed by atoms with van der Waals surface area (Å²) >= 11 is 0. The summed E-state index contributed by atoms with van der Waals surface area (Å²) in [4.78, 5) is 21.0. The van der Waals surface area contributed by atoms with Crippen LogP contribution in [-0.2, 0) is 0 Å².